The fourth-order valence-electron chi connectivity index (χ4n) is 3.61. The van der Waals surface area contributed by atoms with E-state index < -0.39 is 0 Å². The maximum Gasteiger partial charge on any atom is 0.176 e. The molecule has 1 atom stereocenters. The molecule has 1 fully saturated rings. The molecule has 126 valence electrons. The van der Waals surface area contributed by atoms with Crippen LogP contribution in [0.3, 0.4) is 0 Å². The Kier molecular flexibility index (Phi) is 3.96. The van der Waals surface area contributed by atoms with Gasteiger partial charge in [-0.2, -0.15) is 5.10 Å². The van der Waals surface area contributed by atoms with Crippen LogP contribution >= 0.6 is 23.1 Å². The number of nitrogens with zero attached hydrogens (tertiary/aromatic N) is 6. The molecule has 6 nitrogen and oxygen atoms in total. The highest BCUT2D eigenvalue weighted by Gasteiger charge is 2.32. The predicted octanol–water partition coefficient (Wildman–Crippen LogP) is 3.50. The first-order valence-corrected chi connectivity index (χ1v) is 10.1. The SMILES string of the molecule is CSc1nc2ncnc(N3CCCC3c3c(C)nn(C)c3C)c2s1. The van der Waals surface area contributed by atoms with E-state index in [-0.39, 0.29) is 0 Å². The van der Waals surface area contributed by atoms with Crippen molar-refractivity contribution in [3.63, 3.8) is 0 Å². The van der Waals surface area contributed by atoms with E-state index in [9.17, 15) is 0 Å². The molecule has 0 saturated carbocycles. The molecule has 1 saturated heterocycles. The highest BCUT2D eigenvalue weighted by atomic mass is 32.2. The maximum atomic E-state index is 4.63. The molecule has 1 aliphatic heterocycles. The van der Waals surface area contributed by atoms with Crippen LogP contribution in [0.4, 0.5) is 5.82 Å². The summed E-state index contributed by atoms with van der Waals surface area (Å²) in [5.41, 5.74) is 4.51. The zero-order valence-electron chi connectivity index (χ0n) is 14.3. The van der Waals surface area contributed by atoms with Crippen LogP contribution in [-0.2, 0) is 7.05 Å². The summed E-state index contributed by atoms with van der Waals surface area (Å²) in [5.74, 6) is 1.02. The Hall–Kier alpha value is -1.67. The molecule has 1 aliphatic rings. The third kappa shape index (κ3) is 2.39. The quantitative estimate of drug-likeness (QED) is 0.666. The van der Waals surface area contributed by atoms with Crippen LogP contribution in [0.25, 0.3) is 10.3 Å². The minimum Gasteiger partial charge on any atom is -0.348 e. The van der Waals surface area contributed by atoms with E-state index in [0.717, 1.165) is 45.6 Å². The largest absolute Gasteiger partial charge is 0.348 e. The molecule has 4 heterocycles. The zero-order valence-corrected chi connectivity index (χ0v) is 15.9. The Labute approximate surface area is 149 Å². The van der Waals surface area contributed by atoms with Crippen molar-refractivity contribution in [2.75, 3.05) is 17.7 Å². The van der Waals surface area contributed by atoms with E-state index in [1.807, 2.05) is 18.0 Å². The van der Waals surface area contributed by atoms with Crippen LogP contribution in [0.2, 0.25) is 0 Å². The maximum absolute atomic E-state index is 4.63. The number of rotatable bonds is 3. The van der Waals surface area contributed by atoms with Gasteiger partial charge < -0.3 is 4.90 Å². The van der Waals surface area contributed by atoms with Gasteiger partial charge in [0.15, 0.2) is 15.8 Å². The lowest BCUT2D eigenvalue weighted by Crippen LogP contribution is -2.24. The fourth-order valence-corrected chi connectivity index (χ4v) is 5.13. The third-order valence-electron chi connectivity index (χ3n) is 4.75. The average molecular weight is 361 g/mol. The van der Waals surface area contributed by atoms with Crippen LogP contribution in [0.1, 0.15) is 35.8 Å². The van der Waals surface area contributed by atoms with Gasteiger partial charge in [0.05, 0.1) is 11.7 Å². The molecule has 0 radical (unpaired) electrons. The molecule has 0 amide bonds. The average Bonchev–Trinajstić information content (AvgIpc) is 3.25. The number of fused-ring (bicyclic) bond motifs is 1. The minimum absolute atomic E-state index is 0.330. The lowest BCUT2D eigenvalue weighted by atomic mass is 10.0. The van der Waals surface area contributed by atoms with Crippen LogP contribution in [0.15, 0.2) is 10.7 Å². The molecule has 0 aliphatic carbocycles. The summed E-state index contributed by atoms with van der Waals surface area (Å²) in [6, 6.07) is 0.330. The summed E-state index contributed by atoms with van der Waals surface area (Å²) in [6.45, 7) is 5.27. The lowest BCUT2D eigenvalue weighted by molar-refractivity contribution is 0.695. The molecule has 1 unspecified atom stereocenters. The first-order chi connectivity index (χ1) is 11.6. The summed E-state index contributed by atoms with van der Waals surface area (Å²) >= 11 is 3.34. The second-order valence-electron chi connectivity index (χ2n) is 6.09. The second-order valence-corrected chi connectivity index (χ2v) is 8.15. The van der Waals surface area contributed by atoms with E-state index in [1.54, 1.807) is 29.4 Å². The van der Waals surface area contributed by atoms with Gasteiger partial charge in [0.1, 0.15) is 11.0 Å². The highest BCUT2D eigenvalue weighted by Crippen LogP contribution is 2.41. The summed E-state index contributed by atoms with van der Waals surface area (Å²) in [5, 5.41) is 4.61. The van der Waals surface area contributed by atoms with Gasteiger partial charge in [0.2, 0.25) is 0 Å². The molecule has 8 heteroatoms. The summed E-state index contributed by atoms with van der Waals surface area (Å²) in [4.78, 5) is 16.0. The second kappa shape index (κ2) is 6.00. The van der Waals surface area contributed by atoms with Gasteiger partial charge in [-0.3, -0.25) is 4.68 Å². The lowest BCUT2D eigenvalue weighted by Gasteiger charge is -2.26. The number of hydrogen-bond donors (Lipinski definition) is 0. The van der Waals surface area contributed by atoms with E-state index >= 15 is 0 Å². The van der Waals surface area contributed by atoms with E-state index in [1.165, 1.54) is 11.3 Å². The first-order valence-electron chi connectivity index (χ1n) is 8.02. The zero-order chi connectivity index (χ0) is 16.8. The van der Waals surface area contributed by atoms with Gasteiger partial charge in [-0.05, 0) is 32.9 Å². The molecule has 0 aromatic carbocycles. The van der Waals surface area contributed by atoms with E-state index in [2.05, 4.69) is 38.8 Å². The molecular weight excluding hydrogens is 340 g/mol. The van der Waals surface area contributed by atoms with Gasteiger partial charge in [-0.15, -0.1) is 11.3 Å². The number of thioether (sulfide) groups is 1. The summed E-state index contributed by atoms with van der Waals surface area (Å²) in [6.07, 6.45) is 5.98. The number of aryl methyl sites for hydroxylation is 2. The van der Waals surface area contributed by atoms with Crippen LogP contribution in [-0.4, -0.2) is 37.5 Å². The number of hydrogen-bond acceptors (Lipinski definition) is 7. The standard InChI is InChI=1S/C16H20N6S2/c1-9-12(10(2)21(3)20-9)11-6-5-7-22(11)15-13-14(17-8-18-15)19-16(23-4)24-13/h8,11H,5-7H2,1-4H3. The summed E-state index contributed by atoms with van der Waals surface area (Å²) < 4.78 is 4.11. The molecule has 0 bridgehead atoms. The van der Waals surface area contributed by atoms with Gasteiger partial charge in [-0.25, -0.2) is 15.0 Å². The smallest absolute Gasteiger partial charge is 0.176 e. The van der Waals surface area contributed by atoms with Crippen molar-refractivity contribution in [1.29, 1.82) is 0 Å². The normalized spacial score (nSPS) is 18.0. The topological polar surface area (TPSA) is 59.7 Å². The van der Waals surface area contributed by atoms with Crippen LogP contribution < -0.4 is 4.90 Å². The molecule has 4 rings (SSSR count). The van der Waals surface area contributed by atoms with Crippen molar-refractivity contribution in [1.82, 2.24) is 24.7 Å². The van der Waals surface area contributed by atoms with Crippen molar-refractivity contribution in [2.45, 2.75) is 37.1 Å². The van der Waals surface area contributed by atoms with Gasteiger partial charge in [0, 0.05) is 24.8 Å². The van der Waals surface area contributed by atoms with Gasteiger partial charge >= 0.3 is 0 Å². The Morgan fingerprint density at radius 3 is 2.83 bits per heavy atom. The Morgan fingerprint density at radius 2 is 2.12 bits per heavy atom. The van der Waals surface area contributed by atoms with Gasteiger partial charge in [-0.1, -0.05) is 11.8 Å². The van der Waals surface area contributed by atoms with Crippen molar-refractivity contribution in [3.8, 4) is 0 Å². The Balaban J connectivity index is 1.82. The van der Waals surface area contributed by atoms with E-state index in [0.29, 0.717) is 6.04 Å². The summed E-state index contributed by atoms with van der Waals surface area (Å²) in [7, 11) is 2.02. The molecule has 3 aromatic rings. The first kappa shape index (κ1) is 15.8. The van der Waals surface area contributed by atoms with Crippen molar-refractivity contribution < 1.29 is 0 Å². The van der Waals surface area contributed by atoms with Crippen molar-refractivity contribution in [2.24, 2.45) is 7.05 Å². The molecule has 24 heavy (non-hydrogen) atoms. The molecule has 0 N–H and O–H groups in total. The Morgan fingerprint density at radius 1 is 1.29 bits per heavy atom. The Bertz CT molecular complexity index is 899. The van der Waals surface area contributed by atoms with E-state index in [4.69, 9.17) is 0 Å². The highest BCUT2D eigenvalue weighted by molar-refractivity contribution is 8.00. The van der Waals surface area contributed by atoms with Crippen LogP contribution in [0.5, 0.6) is 0 Å². The predicted molar refractivity (Wildman–Crippen MR) is 99.0 cm³/mol. The number of anilines is 1. The number of aromatic nitrogens is 5. The van der Waals surface area contributed by atoms with Crippen molar-refractivity contribution >= 4 is 39.3 Å². The molecule has 0 spiro atoms. The number of thiazole rings is 1. The monoisotopic (exact) mass is 360 g/mol. The fraction of sp³-hybridized carbons (Fsp3) is 0.500. The van der Waals surface area contributed by atoms with Gasteiger partial charge in [0.25, 0.3) is 0 Å². The van der Waals surface area contributed by atoms with Crippen LogP contribution in [0, 0.1) is 13.8 Å². The minimum atomic E-state index is 0.330. The molecular formula is C16H20N6S2. The third-order valence-corrected chi connectivity index (χ3v) is 6.78. The van der Waals surface area contributed by atoms with Crippen molar-refractivity contribution in [3.05, 3.63) is 23.3 Å². The molecule has 3 aromatic heterocycles.